The molecule has 212 valence electrons. The van der Waals surface area contributed by atoms with Gasteiger partial charge < -0.3 is 19.5 Å². The zero-order chi connectivity index (χ0) is 29.3. The van der Waals surface area contributed by atoms with E-state index in [4.69, 9.17) is 4.74 Å². The summed E-state index contributed by atoms with van der Waals surface area (Å²) in [7, 11) is 2.13. The minimum Gasteiger partial charge on any atom is -0.459 e. The van der Waals surface area contributed by atoms with Crippen LogP contribution in [0.4, 0.5) is 10.1 Å². The number of ketones is 1. The van der Waals surface area contributed by atoms with E-state index in [1.807, 2.05) is 18.2 Å². The summed E-state index contributed by atoms with van der Waals surface area (Å²) in [4.78, 5) is 37.6. The molecule has 1 N–H and O–H groups in total. The van der Waals surface area contributed by atoms with E-state index in [-0.39, 0.29) is 18.3 Å². The van der Waals surface area contributed by atoms with Gasteiger partial charge in [-0.2, -0.15) is 0 Å². The zero-order valence-corrected chi connectivity index (χ0v) is 24.0. The number of aromatic nitrogens is 2. The van der Waals surface area contributed by atoms with Crippen molar-refractivity contribution < 1.29 is 18.7 Å². The summed E-state index contributed by atoms with van der Waals surface area (Å²) in [6.07, 6.45) is 2.49. The van der Waals surface area contributed by atoms with Gasteiger partial charge in [-0.15, -0.1) is 0 Å². The average molecular weight is 555 g/mol. The molecule has 8 heteroatoms. The van der Waals surface area contributed by atoms with Crippen LogP contribution in [0, 0.1) is 12.7 Å². The van der Waals surface area contributed by atoms with Crippen molar-refractivity contribution in [1.82, 2.24) is 14.9 Å². The molecule has 1 aliphatic rings. The predicted octanol–water partition coefficient (Wildman–Crippen LogP) is 5.96. The number of anilines is 1. The highest BCUT2D eigenvalue weighted by Gasteiger charge is 2.22. The molecule has 0 bridgehead atoms. The first-order valence-electron chi connectivity index (χ1n) is 13.9. The van der Waals surface area contributed by atoms with E-state index in [0.29, 0.717) is 38.9 Å². The van der Waals surface area contributed by atoms with Crippen LogP contribution in [0.1, 0.15) is 35.3 Å². The van der Waals surface area contributed by atoms with Crippen LogP contribution in [0.3, 0.4) is 0 Å². The Hall–Kier alpha value is -4.30. The largest absolute Gasteiger partial charge is 0.459 e. The van der Waals surface area contributed by atoms with Crippen LogP contribution < -0.4 is 4.90 Å². The molecule has 5 rings (SSSR count). The van der Waals surface area contributed by atoms with E-state index >= 15 is 4.39 Å². The molecule has 1 aliphatic heterocycles. The first-order chi connectivity index (χ1) is 19.6. The average Bonchev–Trinajstić information content (AvgIpc) is 3.34. The number of H-pyrrole nitrogens is 1. The lowest BCUT2D eigenvalue weighted by atomic mass is 9.93. The quantitative estimate of drug-likeness (QED) is 0.214. The van der Waals surface area contributed by atoms with Crippen molar-refractivity contribution in [2.45, 2.75) is 33.3 Å². The number of benzene rings is 2. The number of carbonyl (C=O) groups is 2. The van der Waals surface area contributed by atoms with Gasteiger partial charge in [0.05, 0.1) is 17.4 Å². The number of hydrogen-bond acceptors (Lipinski definition) is 6. The second kappa shape index (κ2) is 11.7. The maximum Gasteiger partial charge on any atom is 0.339 e. The number of nitrogens with one attached hydrogen (secondary N) is 1. The van der Waals surface area contributed by atoms with Crippen LogP contribution in [0.15, 0.2) is 61.3 Å². The summed E-state index contributed by atoms with van der Waals surface area (Å²) in [5.41, 5.74) is 5.93. The molecule has 7 nitrogen and oxygen atoms in total. The summed E-state index contributed by atoms with van der Waals surface area (Å²) in [5, 5.41) is 0.658. The fraction of sp³-hybridized carbons (Fsp3) is 0.303. The number of aromatic amines is 1. The summed E-state index contributed by atoms with van der Waals surface area (Å²) in [6.45, 7) is 12.7. The fourth-order valence-corrected chi connectivity index (χ4v) is 5.21. The van der Waals surface area contributed by atoms with E-state index in [1.165, 1.54) is 18.3 Å². The number of hydrogen-bond donors (Lipinski definition) is 1. The molecule has 4 aromatic rings. The lowest BCUT2D eigenvalue weighted by Gasteiger charge is -2.34. The number of allylic oxidation sites excluding steroid dienone is 1. The minimum atomic E-state index is -0.480. The van der Waals surface area contributed by atoms with Crippen molar-refractivity contribution in [3.8, 4) is 22.4 Å². The molecule has 0 saturated carbocycles. The SMILES string of the molecule is C=CC(=O)Cc1cc(-c2c(-c3ccc(N4CCN(C)CC4)cc3)[nH]c3ncc(C(=O)OC(C)C)cc23)cc(F)c1C. The lowest BCUT2D eigenvalue weighted by molar-refractivity contribution is -0.114. The standard InChI is InChI=1S/C33H35FN4O3/c1-6-27(39)16-23-15-24(18-29(34)21(23)4)30-28-17-25(33(40)41-20(2)3)19-35-32(28)36-31(30)22-7-9-26(10-8-22)38-13-11-37(5)12-14-38/h6-10,15,17-20H,1,11-14,16H2,2-5H3,(H,35,36). The Balaban J connectivity index is 1.65. The normalized spacial score (nSPS) is 14.0. The maximum absolute atomic E-state index is 15.3. The molecule has 2 aromatic carbocycles. The highest BCUT2D eigenvalue weighted by Crippen LogP contribution is 2.40. The summed E-state index contributed by atoms with van der Waals surface area (Å²) in [6, 6.07) is 13.3. The van der Waals surface area contributed by atoms with Gasteiger partial charge in [0.2, 0.25) is 0 Å². The van der Waals surface area contributed by atoms with Crippen LogP contribution >= 0.6 is 0 Å². The van der Waals surface area contributed by atoms with Gasteiger partial charge >= 0.3 is 5.97 Å². The van der Waals surface area contributed by atoms with Gasteiger partial charge in [0, 0.05) is 55.4 Å². The minimum absolute atomic E-state index is 0.0434. The smallest absolute Gasteiger partial charge is 0.339 e. The summed E-state index contributed by atoms with van der Waals surface area (Å²) in [5.74, 6) is -1.08. The molecule has 0 unspecified atom stereocenters. The Bertz CT molecular complexity index is 1620. The van der Waals surface area contributed by atoms with Crippen LogP contribution in [0.25, 0.3) is 33.4 Å². The number of nitrogens with zero attached hydrogens (tertiary/aromatic N) is 3. The molecule has 0 spiro atoms. The second-order valence-electron chi connectivity index (χ2n) is 10.9. The number of likely N-dealkylation sites (N-methyl/N-ethyl adjacent to an activating group) is 1. The van der Waals surface area contributed by atoms with Crippen molar-refractivity contribution in [1.29, 1.82) is 0 Å². The third-order valence-corrected chi connectivity index (χ3v) is 7.59. The van der Waals surface area contributed by atoms with Gasteiger partial charge in [-0.25, -0.2) is 14.2 Å². The van der Waals surface area contributed by atoms with Crippen LogP contribution in [0.2, 0.25) is 0 Å². The Kier molecular flexibility index (Phi) is 8.03. The molecule has 41 heavy (non-hydrogen) atoms. The first kappa shape index (κ1) is 28.2. The lowest BCUT2D eigenvalue weighted by Crippen LogP contribution is -2.44. The van der Waals surface area contributed by atoms with Crippen molar-refractivity contribution in [3.05, 3.63) is 83.8 Å². The number of esters is 1. The number of piperazine rings is 1. The third-order valence-electron chi connectivity index (χ3n) is 7.59. The number of fused-ring (bicyclic) bond motifs is 1. The highest BCUT2D eigenvalue weighted by atomic mass is 19.1. The zero-order valence-electron chi connectivity index (χ0n) is 24.0. The highest BCUT2D eigenvalue weighted by molar-refractivity contribution is 6.05. The molecular weight excluding hydrogens is 519 g/mol. The van der Waals surface area contributed by atoms with Crippen LogP contribution in [0.5, 0.6) is 0 Å². The van der Waals surface area contributed by atoms with Crippen molar-refractivity contribution in [3.63, 3.8) is 0 Å². The molecule has 0 atom stereocenters. The maximum atomic E-state index is 15.3. The van der Waals surface area contributed by atoms with Gasteiger partial charge in [-0.3, -0.25) is 4.79 Å². The molecule has 0 amide bonds. The van der Waals surface area contributed by atoms with Gasteiger partial charge in [-0.1, -0.05) is 24.8 Å². The predicted molar refractivity (Wildman–Crippen MR) is 161 cm³/mol. The number of halogens is 1. The molecule has 3 heterocycles. The van der Waals surface area contributed by atoms with E-state index in [1.54, 1.807) is 26.8 Å². The monoisotopic (exact) mass is 554 g/mol. The number of pyridine rings is 1. The third kappa shape index (κ3) is 5.93. The molecule has 1 fully saturated rings. The van der Waals surface area contributed by atoms with Gasteiger partial charge in [0.1, 0.15) is 11.5 Å². The van der Waals surface area contributed by atoms with Gasteiger partial charge in [0.15, 0.2) is 5.78 Å². The van der Waals surface area contributed by atoms with Crippen LogP contribution in [-0.2, 0) is 16.0 Å². The summed E-state index contributed by atoms with van der Waals surface area (Å²) >= 11 is 0. The topological polar surface area (TPSA) is 78.5 Å². The van der Waals surface area contributed by atoms with E-state index in [9.17, 15) is 9.59 Å². The number of carbonyl (C=O) groups excluding carboxylic acids is 2. The Morgan fingerprint density at radius 1 is 1.10 bits per heavy atom. The fourth-order valence-electron chi connectivity index (χ4n) is 5.21. The summed E-state index contributed by atoms with van der Waals surface area (Å²) < 4.78 is 20.7. The van der Waals surface area contributed by atoms with Crippen molar-refractivity contribution in [2.75, 3.05) is 38.1 Å². The molecule has 0 radical (unpaired) electrons. The Morgan fingerprint density at radius 3 is 2.46 bits per heavy atom. The second-order valence-corrected chi connectivity index (χ2v) is 10.9. The Morgan fingerprint density at radius 2 is 1.80 bits per heavy atom. The van der Waals surface area contributed by atoms with Crippen molar-refractivity contribution >= 4 is 28.5 Å². The van der Waals surface area contributed by atoms with E-state index in [2.05, 4.69) is 45.5 Å². The molecule has 0 aliphatic carbocycles. The first-order valence-corrected chi connectivity index (χ1v) is 13.9. The van der Waals surface area contributed by atoms with Gasteiger partial charge in [-0.05, 0) is 80.4 Å². The van der Waals surface area contributed by atoms with Crippen LogP contribution in [-0.4, -0.2) is 66.0 Å². The van der Waals surface area contributed by atoms with E-state index in [0.717, 1.165) is 43.1 Å². The number of rotatable bonds is 8. The van der Waals surface area contributed by atoms with Gasteiger partial charge in [0.25, 0.3) is 0 Å². The Labute approximate surface area is 239 Å². The molecular formula is C33H35FN4O3. The number of ether oxygens (including phenoxy) is 1. The van der Waals surface area contributed by atoms with E-state index < -0.39 is 11.8 Å². The molecule has 1 saturated heterocycles. The molecule has 2 aromatic heterocycles. The van der Waals surface area contributed by atoms with Crippen molar-refractivity contribution in [2.24, 2.45) is 0 Å².